The minimum atomic E-state index is -0.250. The number of aryl methyl sites for hydroxylation is 2. The molecule has 0 radical (unpaired) electrons. The van der Waals surface area contributed by atoms with Crippen LogP contribution in [-0.4, -0.2) is 36.5 Å². The van der Waals surface area contributed by atoms with Crippen LogP contribution in [0.3, 0.4) is 0 Å². The Kier molecular flexibility index (Phi) is 3.34. The number of nitrogens with zero attached hydrogens (tertiary/aromatic N) is 3. The van der Waals surface area contributed by atoms with Crippen LogP contribution in [-0.2, 0) is 16.6 Å². The predicted molar refractivity (Wildman–Crippen MR) is 58.0 cm³/mol. The number of aromatic nitrogens is 2. The lowest BCUT2D eigenvalue weighted by Crippen LogP contribution is -2.27. The topological polar surface area (TPSA) is 47.4 Å². The third-order valence-electron chi connectivity index (χ3n) is 2.45. The molecule has 1 heterocycles. The van der Waals surface area contributed by atoms with Gasteiger partial charge >= 0.3 is 5.97 Å². The first-order valence-electron chi connectivity index (χ1n) is 4.75. The molecule has 0 fully saturated rings. The molecule has 0 spiro atoms. The maximum atomic E-state index is 11.1. The molecule has 0 unspecified atom stereocenters. The van der Waals surface area contributed by atoms with Gasteiger partial charge in [-0.15, -0.1) is 0 Å². The molecule has 1 aromatic rings. The van der Waals surface area contributed by atoms with Crippen molar-refractivity contribution in [2.75, 3.05) is 25.6 Å². The number of methoxy groups -OCH3 is 1. The van der Waals surface area contributed by atoms with E-state index in [-0.39, 0.29) is 12.5 Å². The number of carbonyl (C=O) groups is 1. The average Bonchev–Trinajstić information content (AvgIpc) is 2.41. The summed E-state index contributed by atoms with van der Waals surface area (Å²) < 4.78 is 6.43. The van der Waals surface area contributed by atoms with Gasteiger partial charge in [0.05, 0.1) is 24.2 Å². The van der Waals surface area contributed by atoms with Gasteiger partial charge in [0, 0.05) is 14.1 Å². The van der Waals surface area contributed by atoms with Crippen LogP contribution in [0, 0.1) is 13.8 Å². The van der Waals surface area contributed by atoms with Gasteiger partial charge in [0.1, 0.15) is 6.54 Å². The molecule has 0 aromatic carbocycles. The normalized spacial score (nSPS) is 10.2. The van der Waals surface area contributed by atoms with Gasteiger partial charge in [-0.1, -0.05) is 0 Å². The largest absolute Gasteiger partial charge is 0.468 e. The zero-order valence-electron chi connectivity index (χ0n) is 9.87. The molecule has 0 bridgehead atoms. The number of esters is 1. The molecule has 0 aliphatic heterocycles. The maximum absolute atomic E-state index is 11.1. The van der Waals surface area contributed by atoms with Crippen LogP contribution in [0.5, 0.6) is 0 Å². The van der Waals surface area contributed by atoms with Gasteiger partial charge in [-0.2, -0.15) is 5.10 Å². The summed E-state index contributed by atoms with van der Waals surface area (Å²) in [7, 11) is 5.13. The minimum Gasteiger partial charge on any atom is -0.468 e. The van der Waals surface area contributed by atoms with Crippen molar-refractivity contribution in [3.8, 4) is 0 Å². The van der Waals surface area contributed by atoms with E-state index in [1.807, 2.05) is 32.8 Å². The highest BCUT2D eigenvalue weighted by molar-refractivity contribution is 5.76. The monoisotopic (exact) mass is 211 g/mol. The van der Waals surface area contributed by atoms with Crippen molar-refractivity contribution in [1.29, 1.82) is 0 Å². The first kappa shape index (κ1) is 11.6. The lowest BCUT2D eigenvalue weighted by atomic mass is 10.3. The van der Waals surface area contributed by atoms with Gasteiger partial charge in [-0.05, 0) is 13.8 Å². The zero-order valence-corrected chi connectivity index (χ0v) is 9.87. The van der Waals surface area contributed by atoms with Crippen LogP contribution in [0.2, 0.25) is 0 Å². The van der Waals surface area contributed by atoms with Crippen LogP contribution < -0.4 is 4.90 Å². The summed E-state index contributed by atoms with van der Waals surface area (Å²) in [5.41, 5.74) is 2.95. The van der Waals surface area contributed by atoms with Crippen LogP contribution in [0.15, 0.2) is 0 Å². The summed E-state index contributed by atoms with van der Waals surface area (Å²) in [5.74, 6) is -0.250. The first-order chi connectivity index (χ1) is 6.97. The van der Waals surface area contributed by atoms with Crippen LogP contribution in [0.4, 0.5) is 5.69 Å². The van der Waals surface area contributed by atoms with Crippen LogP contribution in [0.1, 0.15) is 11.4 Å². The Morgan fingerprint density at radius 2 is 2.13 bits per heavy atom. The number of hydrogen-bond donors (Lipinski definition) is 0. The Morgan fingerprint density at radius 1 is 1.53 bits per heavy atom. The van der Waals surface area contributed by atoms with E-state index >= 15 is 0 Å². The fourth-order valence-electron chi connectivity index (χ4n) is 1.65. The molecule has 15 heavy (non-hydrogen) atoms. The molecular formula is C10H17N3O2. The van der Waals surface area contributed by atoms with Crippen molar-refractivity contribution in [2.45, 2.75) is 13.8 Å². The van der Waals surface area contributed by atoms with Crippen molar-refractivity contribution < 1.29 is 9.53 Å². The molecule has 0 atom stereocenters. The Bertz CT molecular complexity index is 371. The van der Waals surface area contributed by atoms with Crippen molar-refractivity contribution in [3.63, 3.8) is 0 Å². The Morgan fingerprint density at radius 3 is 2.53 bits per heavy atom. The highest BCUT2D eigenvalue weighted by Crippen LogP contribution is 2.21. The third kappa shape index (κ3) is 2.29. The Labute approximate surface area is 89.6 Å². The van der Waals surface area contributed by atoms with E-state index in [0.717, 1.165) is 17.1 Å². The predicted octanol–water partition coefficient (Wildman–Crippen LogP) is 0.646. The molecule has 1 aromatic heterocycles. The van der Waals surface area contributed by atoms with Crippen LogP contribution in [0.25, 0.3) is 0 Å². The zero-order chi connectivity index (χ0) is 11.6. The summed E-state index contributed by atoms with van der Waals surface area (Å²) in [6, 6.07) is 0. The number of anilines is 1. The fraction of sp³-hybridized carbons (Fsp3) is 0.600. The summed E-state index contributed by atoms with van der Waals surface area (Å²) in [6.07, 6.45) is 0. The second-order valence-corrected chi connectivity index (χ2v) is 3.58. The van der Waals surface area contributed by atoms with E-state index in [0.29, 0.717) is 0 Å². The van der Waals surface area contributed by atoms with E-state index < -0.39 is 0 Å². The quantitative estimate of drug-likeness (QED) is 0.689. The molecular weight excluding hydrogens is 194 g/mol. The number of likely N-dealkylation sites (N-methyl/N-ethyl adjacent to an activating group) is 1. The SMILES string of the molecule is COC(=O)CN(C)c1c(C)nn(C)c1C. The van der Waals surface area contributed by atoms with Crippen molar-refractivity contribution in [1.82, 2.24) is 9.78 Å². The molecule has 0 N–H and O–H groups in total. The summed E-state index contributed by atoms with van der Waals surface area (Å²) in [4.78, 5) is 13.0. The summed E-state index contributed by atoms with van der Waals surface area (Å²) >= 11 is 0. The van der Waals surface area contributed by atoms with Gasteiger partial charge in [-0.25, -0.2) is 0 Å². The second-order valence-electron chi connectivity index (χ2n) is 3.58. The molecule has 0 aliphatic carbocycles. The number of carbonyl (C=O) groups excluding carboxylic acids is 1. The van der Waals surface area contributed by atoms with Crippen molar-refractivity contribution >= 4 is 11.7 Å². The maximum Gasteiger partial charge on any atom is 0.325 e. The lowest BCUT2D eigenvalue weighted by Gasteiger charge is -2.17. The molecule has 0 amide bonds. The van der Waals surface area contributed by atoms with Gasteiger partial charge in [0.15, 0.2) is 0 Å². The van der Waals surface area contributed by atoms with E-state index in [4.69, 9.17) is 0 Å². The number of rotatable bonds is 3. The molecule has 0 aliphatic rings. The Hall–Kier alpha value is -1.52. The second kappa shape index (κ2) is 4.33. The van der Waals surface area contributed by atoms with Crippen LogP contribution >= 0.6 is 0 Å². The van der Waals surface area contributed by atoms with E-state index in [1.54, 1.807) is 4.68 Å². The van der Waals surface area contributed by atoms with Crippen molar-refractivity contribution in [3.05, 3.63) is 11.4 Å². The lowest BCUT2D eigenvalue weighted by molar-refractivity contribution is -0.138. The molecule has 5 heteroatoms. The van der Waals surface area contributed by atoms with E-state index in [1.165, 1.54) is 7.11 Å². The molecule has 1 rings (SSSR count). The number of hydrogen-bond acceptors (Lipinski definition) is 4. The average molecular weight is 211 g/mol. The number of ether oxygens (including phenoxy) is 1. The van der Waals surface area contributed by atoms with Gasteiger partial charge in [-0.3, -0.25) is 9.48 Å². The smallest absolute Gasteiger partial charge is 0.325 e. The van der Waals surface area contributed by atoms with E-state index in [2.05, 4.69) is 9.84 Å². The van der Waals surface area contributed by atoms with E-state index in [9.17, 15) is 4.79 Å². The standard InChI is InChI=1S/C10H17N3O2/c1-7-10(8(2)13(4)11-7)12(3)6-9(14)15-5/h6H2,1-5H3. The molecule has 84 valence electrons. The van der Waals surface area contributed by atoms with Gasteiger partial charge < -0.3 is 9.64 Å². The summed E-state index contributed by atoms with van der Waals surface area (Å²) in [6.45, 7) is 4.14. The highest BCUT2D eigenvalue weighted by atomic mass is 16.5. The fourth-order valence-corrected chi connectivity index (χ4v) is 1.65. The Balaban J connectivity index is 2.90. The molecule has 0 saturated carbocycles. The highest BCUT2D eigenvalue weighted by Gasteiger charge is 2.15. The first-order valence-corrected chi connectivity index (χ1v) is 4.75. The molecule has 0 saturated heterocycles. The summed E-state index contributed by atoms with van der Waals surface area (Å²) in [5, 5.41) is 4.29. The van der Waals surface area contributed by atoms with Crippen molar-refractivity contribution in [2.24, 2.45) is 7.05 Å². The minimum absolute atomic E-state index is 0.240. The third-order valence-corrected chi connectivity index (χ3v) is 2.45. The molecule has 5 nitrogen and oxygen atoms in total. The van der Waals surface area contributed by atoms with Gasteiger partial charge in [0.25, 0.3) is 0 Å². The van der Waals surface area contributed by atoms with Gasteiger partial charge in [0.2, 0.25) is 0 Å².